The lowest BCUT2D eigenvalue weighted by molar-refractivity contribution is -0.245. The normalized spacial score (nSPS) is 18.2. The first-order valence-corrected chi connectivity index (χ1v) is 19.3. The van der Waals surface area contributed by atoms with Crippen LogP contribution in [-0.4, -0.2) is 42.3 Å². The summed E-state index contributed by atoms with van der Waals surface area (Å²) in [5.41, 5.74) is 5.29. The van der Waals surface area contributed by atoms with Gasteiger partial charge in [-0.3, -0.25) is 4.79 Å². The first-order chi connectivity index (χ1) is 24.8. The number of nitrogens with zero attached hydrogens (tertiary/aromatic N) is 1. The molecule has 0 unspecified atom stereocenters. The molecule has 0 aliphatic carbocycles. The van der Waals surface area contributed by atoms with Gasteiger partial charge in [0.2, 0.25) is 15.9 Å². The van der Waals surface area contributed by atoms with Crippen molar-refractivity contribution in [2.45, 2.75) is 67.4 Å². The fourth-order valence-electron chi connectivity index (χ4n) is 5.75. The van der Waals surface area contributed by atoms with E-state index in [-0.39, 0.29) is 36.7 Å². The summed E-state index contributed by atoms with van der Waals surface area (Å²) in [6.07, 6.45) is 1.69. The van der Waals surface area contributed by atoms with E-state index >= 15 is 0 Å². The Hall–Kier alpha value is -4.36. The number of aryl methyl sites for hydroxylation is 1. The van der Waals surface area contributed by atoms with E-state index < -0.39 is 28.3 Å². The molecular formula is C40H41N3O6S2. The van der Waals surface area contributed by atoms with E-state index in [1.807, 2.05) is 104 Å². The lowest BCUT2D eigenvalue weighted by Crippen LogP contribution is -2.47. The number of nitrogens with one attached hydrogen (secondary N) is 2. The van der Waals surface area contributed by atoms with Crippen molar-refractivity contribution in [3.63, 3.8) is 0 Å². The number of amides is 1. The number of aliphatic hydroxyl groups excluding tert-OH is 1. The quantitative estimate of drug-likeness (QED) is 0.112. The third-order valence-corrected chi connectivity index (χ3v) is 11.2. The van der Waals surface area contributed by atoms with Crippen LogP contribution in [0.25, 0.3) is 0 Å². The highest BCUT2D eigenvalue weighted by Crippen LogP contribution is 2.39. The van der Waals surface area contributed by atoms with E-state index in [0.717, 1.165) is 38.4 Å². The van der Waals surface area contributed by atoms with Gasteiger partial charge in [-0.25, -0.2) is 13.4 Å². The molecule has 1 aliphatic rings. The van der Waals surface area contributed by atoms with E-state index in [9.17, 15) is 18.3 Å². The molecule has 0 saturated carbocycles. The minimum Gasteiger partial charge on any atom is -0.392 e. The van der Waals surface area contributed by atoms with E-state index in [1.165, 1.54) is 12.1 Å². The summed E-state index contributed by atoms with van der Waals surface area (Å²) < 4.78 is 42.1. The van der Waals surface area contributed by atoms with Crippen molar-refractivity contribution in [3.8, 4) is 0 Å². The second-order valence-corrected chi connectivity index (χ2v) is 15.2. The predicted molar refractivity (Wildman–Crippen MR) is 197 cm³/mol. The van der Waals surface area contributed by atoms with Crippen LogP contribution < -0.4 is 10.0 Å². The molecule has 264 valence electrons. The monoisotopic (exact) mass is 723 g/mol. The van der Waals surface area contributed by atoms with E-state index in [2.05, 4.69) is 15.0 Å². The molecule has 51 heavy (non-hydrogen) atoms. The van der Waals surface area contributed by atoms with Crippen LogP contribution in [0, 0.1) is 6.92 Å². The molecule has 1 saturated heterocycles. The van der Waals surface area contributed by atoms with Crippen molar-refractivity contribution in [2.75, 3.05) is 5.75 Å². The second-order valence-electron chi connectivity index (χ2n) is 12.5. The highest BCUT2D eigenvalue weighted by Gasteiger charge is 2.32. The minimum absolute atomic E-state index is 0.0234. The zero-order chi connectivity index (χ0) is 35.6. The molecule has 11 heteroatoms. The number of hydrogen-bond acceptors (Lipinski definition) is 8. The summed E-state index contributed by atoms with van der Waals surface area (Å²) in [6, 6.07) is 36.1. The zero-order valence-electron chi connectivity index (χ0n) is 28.2. The van der Waals surface area contributed by atoms with Crippen molar-refractivity contribution in [2.24, 2.45) is 0 Å². The molecule has 1 aromatic heterocycles. The molecule has 5 aromatic rings. The van der Waals surface area contributed by atoms with E-state index in [1.54, 1.807) is 30.1 Å². The average Bonchev–Trinajstić information content (AvgIpc) is 3.17. The summed E-state index contributed by atoms with van der Waals surface area (Å²) in [5, 5.41) is 13.4. The summed E-state index contributed by atoms with van der Waals surface area (Å²) >= 11 is 1.64. The van der Waals surface area contributed by atoms with Gasteiger partial charge in [-0.15, -0.1) is 11.8 Å². The number of pyridine rings is 1. The number of rotatable bonds is 14. The van der Waals surface area contributed by atoms with E-state index in [4.69, 9.17) is 9.47 Å². The van der Waals surface area contributed by atoms with Gasteiger partial charge >= 0.3 is 0 Å². The average molecular weight is 724 g/mol. The molecule has 1 aliphatic heterocycles. The van der Waals surface area contributed by atoms with Gasteiger partial charge in [-0.2, -0.15) is 4.72 Å². The molecule has 1 amide bonds. The summed E-state index contributed by atoms with van der Waals surface area (Å²) in [4.78, 5) is 18.0. The summed E-state index contributed by atoms with van der Waals surface area (Å²) in [7, 11) is -3.95. The molecular weight excluding hydrogens is 683 g/mol. The van der Waals surface area contributed by atoms with Crippen LogP contribution in [0.3, 0.4) is 0 Å². The number of hydrogen-bond donors (Lipinski definition) is 3. The summed E-state index contributed by atoms with van der Waals surface area (Å²) in [5.74, 6) is 0.269. The van der Waals surface area contributed by atoms with Crippen LogP contribution in [-0.2, 0) is 43.9 Å². The molecule has 1 fully saturated rings. The Morgan fingerprint density at radius 2 is 1.53 bits per heavy atom. The SMILES string of the molecule is Cc1ccc(S(=O)(=O)N[C@H](Cc2ccccc2)C(=O)NCc2ccc([C@H]3O[C@@H](CSc4ccccn4)C[C@@H](c4ccc(CO)cc4)O3)cc2)cc1. The van der Waals surface area contributed by atoms with Crippen LogP contribution in [0.1, 0.15) is 52.2 Å². The maximum Gasteiger partial charge on any atom is 0.241 e. The van der Waals surface area contributed by atoms with Crippen LogP contribution in [0.4, 0.5) is 0 Å². The maximum atomic E-state index is 13.5. The Balaban J connectivity index is 1.13. The maximum absolute atomic E-state index is 13.5. The van der Waals surface area contributed by atoms with Crippen molar-refractivity contribution >= 4 is 27.7 Å². The Kier molecular flexibility index (Phi) is 12.3. The standard InChI is InChI=1S/C40H41N3O6S2/c1-28-10-20-35(21-11-28)51(46,47)43-36(23-29-7-3-2-4-8-29)39(45)42-25-30-12-18-33(19-13-30)40-48-34(27-50-38-9-5-6-22-41-38)24-37(49-40)32-16-14-31(26-44)15-17-32/h2-22,34,36-37,40,43-44H,23-27H2,1H3,(H,42,45)/t34-,36-,37+,40+/m1/s1. The molecule has 3 N–H and O–H groups in total. The number of aromatic nitrogens is 1. The molecule has 9 nitrogen and oxygen atoms in total. The van der Waals surface area contributed by atoms with Gasteiger partial charge in [0.05, 0.1) is 28.7 Å². The lowest BCUT2D eigenvalue weighted by atomic mass is 10.0. The number of aliphatic hydroxyl groups is 1. The highest BCUT2D eigenvalue weighted by molar-refractivity contribution is 7.99. The van der Waals surface area contributed by atoms with Crippen LogP contribution in [0.15, 0.2) is 137 Å². The number of thioether (sulfide) groups is 1. The van der Waals surface area contributed by atoms with Gasteiger partial charge in [0.25, 0.3) is 0 Å². The fourth-order valence-corrected chi connectivity index (χ4v) is 7.83. The first kappa shape index (κ1) is 36.4. The third kappa shape index (κ3) is 10.1. The predicted octanol–water partition coefficient (Wildman–Crippen LogP) is 6.43. The molecule has 0 radical (unpaired) electrons. The van der Waals surface area contributed by atoms with Crippen molar-refractivity contribution in [3.05, 3.63) is 161 Å². The molecule has 4 aromatic carbocycles. The number of carbonyl (C=O) groups excluding carboxylic acids is 1. The topological polar surface area (TPSA) is 127 Å². The highest BCUT2D eigenvalue weighted by atomic mass is 32.2. The smallest absolute Gasteiger partial charge is 0.241 e. The first-order valence-electron chi connectivity index (χ1n) is 16.8. The van der Waals surface area contributed by atoms with Crippen LogP contribution in [0.2, 0.25) is 0 Å². The largest absolute Gasteiger partial charge is 0.392 e. The molecule has 0 bridgehead atoms. The summed E-state index contributed by atoms with van der Waals surface area (Å²) in [6.45, 7) is 2.06. The molecule has 2 heterocycles. The Morgan fingerprint density at radius 1 is 0.843 bits per heavy atom. The van der Waals surface area contributed by atoms with Crippen LogP contribution in [0.5, 0.6) is 0 Å². The minimum atomic E-state index is -3.95. The number of benzene rings is 4. The van der Waals surface area contributed by atoms with Crippen molar-refractivity contribution in [1.29, 1.82) is 0 Å². The Bertz CT molecular complexity index is 1960. The zero-order valence-corrected chi connectivity index (χ0v) is 29.9. The van der Waals surface area contributed by atoms with Gasteiger partial charge in [-0.1, -0.05) is 103 Å². The van der Waals surface area contributed by atoms with Crippen LogP contribution >= 0.6 is 11.8 Å². The number of sulfonamides is 1. The third-order valence-electron chi connectivity index (χ3n) is 8.62. The number of ether oxygens (including phenoxy) is 2. The fraction of sp³-hybridized carbons (Fsp3) is 0.250. The van der Waals surface area contributed by atoms with Gasteiger partial charge in [0.1, 0.15) is 6.04 Å². The Labute approximate surface area is 303 Å². The van der Waals surface area contributed by atoms with Gasteiger partial charge in [-0.05, 0) is 59.9 Å². The van der Waals surface area contributed by atoms with Crippen molar-refractivity contribution < 1.29 is 27.8 Å². The van der Waals surface area contributed by atoms with Gasteiger partial charge in [0, 0.05) is 30.5 Å². The van der Waals surface area contributed by atoms with Gasteiger partial charge < -0.3 is 19.9 Å². The second kappa shape index (κ2) is 17.2. The molecule has 6 rings (SSSR count). The van der Waals surface area contributed by atoms with Crippen molar-refractivity contribution in [1.82, 2.24) is 15.0 Å². The number of carbonyl (C=O) groups is 1. The van der Waals surface area contributed by atoms with Gasteiger partial charge in [0.15, 0.2) is 6.29 Å². The van der Waals surface area contributed by atoms with E-state index in [0.29, 0.717) is 12.2 Å². The molecule has 4 atom stereocenters. The molecule has 0 spiro atoms. The Morgan fingerprint density at radius 3 is 2.22 bits per heavy atom. The lowest BCUT2D eigenvalue weighted by Gasteiger charge is -2.36.